The van der Waals surface area contributed by atoms with Crippen LogP contribution in [0.15, 0.2) is 24.3 Å². The Bertz CT molecular complexity index is 416. The highest BCUT2D eigenvalue weighted by Gasteiger charge is 2.11. The van der Waals surface area contributed by atoms with Crippen LogP contribution in [0.2, 0.25) is 0 Å². The molecule has 1 saturated heterocycles. The number of hydrogen-bond donors (Lipinski definition) is 0. The van der Waals surface area contributed by atoms with Gasteiger partial charge < -0.3 is 9.47 Å². The molecule has 21 heavy (non-hydrogen) atoms. The van der Waals surface area contributed by atoms with Gasteiger partial charge >= 0.3 is 5.97 Å². The Morgan fingerprint density at radius 2 is 1.81 bits per heavy atom. The van der Waals surface area contributed by atoms with Crippen molar-refractivity contribution in [3.63, 3.8) is 0 Å². The second-order valence-electron chi connectivity index (χ2n) is 5.00. The molecule has 0 amide bonds. The van der Waals surface area contributed by atoms with Crippen LogP contribution in [0.3, 0.4) is 0 Å². The topological polar surface area (TPSA) is 38.8 Å². The lowest BCUT2D eigenvalue weighted by Crippen LogP contribution is -2.33. The number of carbonyl (C=O) groups is 1. The predicted octanol–water partition coefficient (Wildman–Crippen LogP) is 3.15. The molecule has 0 atom stereocenters. The SMILES string of the molecule is CCOc1ccc(C(=O)OCCN2CCCCC2)cc1.Cl. The standard InChI is InChI=1S/C16H23NO3.ClH/c1-2-19-15-8-6-14(7-9-15)16(18)20-13-12-17-10-4-3-5-11-17;/h6-9H,2-5,10-13H2,1H3;1H. The summed E-state index contributed by atoms with van der Waals surface area (Å²) >= 11 is 0. The Labute approximate surface area is 132 Å². The molecular formula is C16H24ClNO3. The van der Waals surface area contributed by atoms with Crippen LogP contribution in [0.1, 0.15) is 36.5 Å². The van der Waals surface area contributed by atoms with E-state index in [-0.39, 0.29) is 18.4 Å². The number of nitrogens with zero attached hydrogens (tertiary/aromatic N) is 1. The molecule has 1 fully saturated rings. The summed E-state index contributed by atoms with van der Waals surface area (Å²) in [6.45, 7) is 6.11. The number of benzene rings is 1. The summed E-state index contributed by atoms with van der Waals surface area (Å²) in [7, 11) is 0. The maximum Gasteiger partial charge on any atom is 0.338 e. The number of esters is 1. The summed E-state index contributed by atoms with van der Waals surface area (Å²) in [6, 6.07) is 7.08. The van der Waals surface area contributed by atoms with Crippen LogP contribution < -0.4 is 4.74 Å². The molecule has 0 aromatic heterocycles. The molecule has 0 aliphatic carbocycles. The first-order chi connectivity index (χ1) is 9.79. The van der Waals surface area contributed by atoms with Gasteiger partial charge in [-0.1, -0.05) is 6.42 Å². The zero-order valence-corrected chi connectivity index (χ0v) is 13.4. The minimum Gasteiger partial charge on any atom is -0.494 e. The number of piperidine rings is 1. The van der Waals surface area contributed by atoms with Crippen LogP contribution in [0.5, 0.6) is 5.75 Å². The molecule has 0 spiro atoms. The fourth-order valence-electron chi connectivity index (χ4n) is 2.39. The Balaban J connectivity index is 0.00000220. The lowest BCUT2D eigenvalue weighted by Gasteiger charge is -2.25. The highest BCUT2D eigenvalue weighted by Crippen LogP contribution is 2.13. The summed E-state index contributed by atoms with van der Waals surface area (Å²) in [4.78, 5) is 14.2. The van der Waals surface area contributed by atoms with Crippen molar-refractivity contribution in [2.24, 2.45) is 0 Å². The molecule has 2 rings (SSSR count). The minimum absolute atomic E-state index is 0. The second kappa shape index (κ2) is 9.64. The van der Waals surface area contributed by atoms with E-state index in [0.29, 0.717) is 18.8 Å². The first kappa shape index (κ1) is 17.8. The van der Waals surface area contributed by atoms with Gasteiger partial charge in [-0.15, -0.1) is 12.4 Å². The highest BCUT2D eigenvalue weighted by atomic mass is 35.5. The van der Waals surface area contributed by atoms with Crippen molar-refractivity contribution in [3.8, 4) is 5.75 Å². The third kappa shape index (κ3) is 5.94. The van der Waals surface area contributed by atoms with E-state index >= 15 is 0 Å². The Hall–Kier alpha value is -1.26. The van der Waals surface area contributed by atoms with Crippen molar-refractivity contribution >= 4 is 18.4 Å². The van der Waals surface area contributed by atoms with Gasteiger partial charge in [0.05, 0.1) is 12.2 Å². The first-order valence-electron chi connectivity index (χ1n) is 7.42. The van der Waals surface area contributed by atoms with E-state index < -0.39 is 0 Å². The zero-order chi connectivity index (χ0) is 14.2. The van der Waals surface area contributed by atoms with E-state index in [1.165, 1.54) is 19.3 Å². The number of carbonyl (C=O) groups excluding carboxylic acids is 1. The van der Waals surface area contributed by atoms with E-state index in [0.717, 1.165) is 25.4 Å². The molecule has 1 aliphatic rings. The first-order valence-corrected chi connectivity index (χ1v) is 7.42. The predicted molar refractivity (Wildman–Crippen MR) is 85.4 cm³/mol. The van der Waals surface area contributed by atoms with Crippen LogP contribution >= 0.6 is 12.4 Å². The van der Waals surface area contributed by atoms with Gasteiger partial charge in [0.15, 0.2) is 0 Å². The van der Waals surface area contributed by atoms with Gasteiger partial charge in [0.1, 0.15) is 12.4 Å². The van der Waals surface area contributed by atoms with Gasteiger partial charge in [-0.05, 0) is 57.1 Å². The van der Waals surface area contributed by atoms with E-state index in [2.05, 4.69) is 4.90 Å². The molecule has 0 unspecified atom stereocenters. The van der Waals surface area contributed by atoms with Crippen LogP contribution in [0.4, 0.5) is 0 Å². The molecule has 0 radical (unpaired) electrons. The van der Waals surface area contributed by atoms with Crippen molar-refractivity contribution in [1.82, 2.24) is 4.90 Å². The average Bonchev–Trinajstić information content (AvgIpc) is 2.49. The average molecular weight is 314 g/mol. The van der Waals surface area contributed by atoms with E-state index in [1.807, 2.05) is 6.92 Å². The Kier molecular flexibility index (Phi) is 8.16. The van der Waals surface area contributed by atoms with E-state index in [1.54, 1.807) is 24.3 Å². The maximum atomic E-state index is 11.9. The molecule has 1 aromatic rings. The highest BCUT2D eigenvalue weighted by molar-refractivity contribution is 5.89. The number of ether oxygens (including phenoxy) is 2. The fourth-order valence-corrected chi connectivity index (χ4v) is 2.39. The van der Waals surface area contributed by atoms with Gasteiger partial charge in [-0.25, -0.2) is 4.79 Å². The lowest BCUT2D eigenvalue weighted by molar-refractivity contribution is 0.0452. The van der Waals surface area contributed by atoms with Crippen molar-refractivity contribution in [3.05, 3.63) is 29.8 Å². The van der Waals surface area contributed by atoms with Gasteiger partial charge in [0, 0.05) is 6.54 Å². The van der Waals surface area contributed by atoms with Crippen molar-refractivity contribution < 1.29 is 14.3 Å². The zero-order valence-electron chi connectivity index (χ0n) is 12.5. The maximum absolute atomic E-state index is 11.9. The number of hydrogen-bond acceptors (Lipinski definition) is 4. The molecule has 1 aromatic carbocycles. The molecule has 4 nitrogen and oxygen atoms in total. The normalized spacial score (nSPS) is 15.1. The van der Waals surface area contributed by atoms with Gasteiger partial charge in [0.25, 0.3) is 0 Å². The van der Waals surface area contributed by atoms with E-state index in [4.69, 9.17) is 9.47 Å². The number of halogens is 1. The fraction of sp³-hybridized carbons (Fsp3) is 0.562. The molecular weight excluding hydrogens is 290 g/mol. The Morgan fingerprint density at radius 1 is 1.14 bits per heavy atom. The molecule has 0 saturated carbocycles. The van der Waals surface area contributed by atoms with Gasteiger partial charge in [0.2, 0.25) is 0 Å². The summed E-state index contributed by atoms with van der Waals surface area (Å²) in [5.74, 6) is 0.516. The number of likely N-dealkylation sites (tertiary alicyclic amines) is 1. The summed E-state index contributed by atoms with van der Waals surface area (Å²) in [5.41, 5.74) is 0.576. The monoisotopic (exact) mass is 313 g/mol. The van der Waals surface area contributed by atoms with Crippen LogP contribution in [-0.2, 0) is 4.74 Å². The number of rotatable bonds is 6. The molecule has 118 valence electrons. The third-order valence-electron chi connectivity index (χ3n) is 3.49. The van der Waals surface area contributed by atoms with Crippen molar-refractivity contribution in [2.45, 2.75) is 26.2 Å². The van der Waals surface area contributed by atoms with Crippen molar-refractivity contribution in [1.29, 1.82) is 0 Å². The summed E-state index contributed by atoms with van der Waals surface area (Å²) < 4.78 is 10.7. The molecule has 0 N–H and O–H groups in total. The Morgan fingerprint density at radius 3 is 2.43 bits per heavy atom. The lowest BCUT2D eigenvalue weighted by atomic mass is 10.1. The largest absolute Gasteiger partial charge is 0.494 e. The minimum atomic E-state index is -0.259. The third-order valence-corrected chi connectivity index (χ3v) is 3.49. The van der Waals surface area contributed by atoms with Crippen LogP contribution in [-0.4, -0.2) is 43.7 Å². The van der Waals surface area contributed by atoms with Gasteiger partial charge in [-0.2, -0.15) is 0 Å². The molecule has 1 aliphatic heterocycles. The molecule has 1 heterocycles. The van der Waals surface area contributed by atoms with Crippen LogP contribution in [0, 0.1) is 0 Å². The summed E-state index contributed by atoms with van der Waals surface area (Å²) in [6.07, 6.45) is 3.84. The van der Waals surface area contributed by atoms with Crippen LogP contribution in [0.25, 0.3) is 0 Å². The smallest absolute Gasteiger partial charge is 0.338 e. The second-order valence-corrected chi connectivity index (χ2v) is 5.00. The molecule has 0 bridgehead atoms. The van der Waals surface area contributed by atoms with Gasteiger partial charge in [-0.3, -0.25) is 4.90 Å². The molecule has 5 heteroatoms. The quantitative estimate of drug-likeness (QED) is 0.756. The van der Waals surface area contributed by atoms with Crippen molar-refractivity contribution in [2.75, 3.05) is 32.8 Å². The van der Waals surface area contributed by atoms with E-state index in [9.17, 15) is 4.79 Å². The summed E-state index contributed by atoms with van der Waals surface area (Å²) in [5, 5.41) is 0.